The fraction of sp³-hybridized carbons (Fsp3) is 0.750. The lowest BCUT2D eigenvalue weighted by Crippen LogP contribution is -2.91. The molecule has 1 saturated heterocycles. The molecule has 1 rings (SSSR count). The summed E-state index contributed by atoms with van der Waals surface area (Å²) in [6.45, 7) is 11.7. The largest absolute Gasteiger partial charge is 0.292 e. The second-order valence-corrected chi connectivity index (χ2v) is 19.2. The Balaban J connectivity index is 3.08. The van der Waals surface area contributed by atoms with Crippen LogP contribution < -0.4 is 0 Å². The third-order valence-electron chi connectivity index (χ3n) is 3.35. The first-order valence-corrected chi connectivity index (χ1v) is 11.6. The van der Waals surface area contributed by atoms with Gasteiger partial charge in [-0.05, 0) is 0 Å². The van der Waals surface area contributed by atoms with Crippen molar-refractivity contribution >= 4 is 27.3 Å². The van der Waals surface area contributed by atoms with Gasteiger partial charge in [0.25, 0.3) is 0 Å². The maximum absolute atomic E-state index is 11.4. The summed E-state index contributed by atoms with van der Waals surface area (Å²) in [7, 11) is -3.34. The van der Waals surface area contributed by atoms with Gasteiger partial charge in [-0.1, -0.05) is 26.2 Å². The molecule has 0 unspecified atom stereocenters. The molecule has 2 amide bonds. The number of rotatable bonds is 0. The van der Waals surface area contributed by atoms with E-state index < -0.39 is 15.5 Å². The molecule has 0 bridgehead atoms. The number of hydrazine groups is 1. The Bertz CT molecular complexity index is 272. The molecule has 0 aromatic heterocycles. The van der Waals surface area contributed by atoms with Gasteiger partial charge >= 0.3 is 0 Å². The smallest absolute Gasteiger partial charge is 0.228 e. The van der Waals surface area contributed by atoms with Gasteiger partial charge < -0.3 is 0 Å². The Morgan fingerprint density at radius 2 is 1.00 bits per heavy atom. The maximum Gasteiger partial charge on any atom is 0.228 e. The molecule has 14 heavy (non-hydrogen) atoms. The van der Waals surface area contributed by atoms with Gasteiger partial charge in [-0.25, -0.2) is 0 Å². The van der Waals surface area contributed by atoms with Crippen molar-refractivity contribution < 1.29 is 9.59 Å². The SMILES string of the molecule is CC(=O)N1N(C(C)=O)[Si](C)(C)[Si]1(C)C. The highest BCUT2D eigenvalue weighted by Gasteiger charge is 2.65. The van der Waals surface area contributed by atoms with Crippen LogP contribution in [0.1, 0.15) is 13.8 Å². The summed E-state index contributed by atoms with van der Waals surface area (Å²) in [6, 6.07) is 0. The fourth-order valence-corrected chi connectivity index (χ4v) is 11.4. The van der Waals surface area contributed by atoms with E-state index in [1.54, 1.807) is 9.35 Å². The first-order chi connectivity index (χ1) is 6.14. The minimum atomic E-state index is -1.67. The summed E-state index contributed by atoms with van der Waals surface area (Å²) >= 11 is 0. The molecule has 0 aromatic carbocycles. The number of carbonyl (C=O) groups is 2. The first kappa shape index (κ1) is 11.4. The van der Waals surface area contributed by atoms with Crippen molar-refractivity contribution in [2.24, 2.45) is 0 Å². The van der Waals surface area contributed by atoms with Gasteiger partial charge in [-0.15, -0.1) is 0 Å². The van der Waals surface area contributed by atoms with E-state index in [1.165, 1.54) is 13.8 Å². The van der Waals surface area contributed by atoms with E-state index in [1.807, 2.05) is 0 Å². The van der Waals surface area contributed by atoms with E-state index in [0.29, 0.717) is 0 Å². The predicted molar refractivity (Wildman–Crippen MR) is 60.0 cm³/mol. The van der Waals surface area contributed by atoms with Crippen molar-refractivity contribution in [2.45, 2.75) is 40.0 Å². The number of amides is 2. The summed E-state index contributed by atoms with van der Waals surface area (Å²) in [5.41, 5.74) is 0. The van der Waals surface area contributed by atoms with Crippen molar-refractivity contribution in [3.63, 3.8) is 0 Å². The number of carbonyl (C=O) groups excluding carboxylic acids is 2. The molecule has 0 aromatic rings. The van der Waals surface area contributed by atoms with Crippen molar-refractivity contribution in [3.8, 4) is 0 Å². The van der Waals surface area contributed by atoms with Crippen molar-refractivity contribution in [1.29, 1.82) is 0 Å². The van der Waals surface area contributed by atoms with E-state index in [-0.39, 0.29) is 11.8 Å². The molecular weight excluding hydrogens is 212 g/mol. The zero-order valence-electron chi connectivity index (χ0n) is 9.71. The summed E-state index contributed by atoms with van der Waals surface area (Å²) in [5.74, 6) is 0.00684. The molecule has 0 radical (unpaired) electrons. The predicted octanol–water partition coefficient (Wildman–Crippen LogP) is 1.10. The van der Waals surface area contributed by atoms with Crippen LogP contribution in [0.5, 0.6) is 0 Å². The van der Waals surface area contributed by atoms with Crippen LogP contribution in [0.2, 0.25) is 26.2 Å². The van der Waals surface area contributed by atoms with E-state index in [0.717, 1.165) is 0 Å². The fourth-order valence-electron chi connectivity index (χ4n) is 2.04. The zero-order chi connectivity index (χ0) is 11.3. The summed E-state index contributed by atoms with van der Waals surface area (Å²) < 4.78 is 3.45. The summed E-state index contributed by atoms with van der Waals surface area (Å²) in [4.78, 5) is 22.9. The second-order valence-electron chi connectivity index (χ2n) is 4.78. The highest BCUT2D eigenvalue weighted by atomic mass is 29.3. The third-order valence-corrected chi connectivity index (χ3v) is 19.9. The molecule has 1 aliphatic rings. The minimum Gasteiger partial charge on any atom is -0.292 e. The summed E-state index contributed by atoms with van der Waals surface area (Å²) in [6.07, 6.45) is 0. The van der Waals surface area contributed by atoms with Crippen LogP contribution in [0.3, 0.4) is 0 Å². The Kier molecular flexibility index (Phi) is 2.40. The average molecular weight is 230 g/mol. The van der Waals surface area contributed by atoms with Crippen LogP contribution in [0.15, 0.2) is 0 Å². The molecule has 80 valence electrons. The van der Waals surface area contributed by atoms with Crippen molar-refractivity contribution in [1.82, 2.24) is 9.35 Å². The monoisotopic (exact) mass is 230 g/mol. The Morgan fingerprint density at radius 1 is 0.786 bits per heavy atom. The van der Waals surface area contributed by atoms with Gasteiger partial charge in [0, 0.05) is 13.8 Å². The van der Waals surface area contributed by atoms with Crippen LogP contribution in [0, 0.1) is 0 Å². The van der Waals surface area contributed by atoms with E-state index in [2.05, 4.69) is 26.2 Å². The molecule has 4 nitrogen and oxygen atoms in total. The van der Waals surface area contributed by atoms with E-state index >= 15 is 0 Å². The molecule has 0 atom stereocenters. The molecular formula is C8H18N2O2Si2. The molecule has 1 aliphatic heterocycles. The van der Waals surface area contributed by atoms with Gasteiger partial charge in [-0.3, -0.25) is 18.9 Å². The Hall–Kier alpha value is -0.626. The average Bonchev–Trinajstić information content (AvgIpc) is 1.97. The highest BCUT2D eigenvalue weighted by molar-refractivity contribution is 7.42. The first-order valence-electron chi connectivity index (χ1n) is 4.75. The van der Waals surface area contributed by atoms with E-state index in [9.17, 15) is 9.59 Å². The summed E-state index contributed by atoms with van der Waals surface area (Å²) in [5, 5.41) is 0. The lowest BCUT2D eigenvalue weighted by molar-refractivity contribution is -0.146. The Labute approximate surface area is 86.8 Å². The van der Waals surface area contributed by atoms with Gasteiger partial charge in [-0.2, -0.15) is 0 Å². The van der Waals surface area contributed by atoms with Gasteiger partial charge in [0.05, 0.1) is 0 Å². The van der Waals surface area contributed by atoms with Crippen molar-refractivity contribution in [2.75, 3.05) is 0 Å². The lowest BCUT2D eigenvalue weighted by Gasteiger charge is -2.65. The van der Waals surface area contributed by atoms with Crippen molar-refractivity contribution in [3.05, 3.63) is 0 Å². The molecule has 0 aliphatic carbocycles. The lowest BCUT2D eigenvalue weighted by atomic mass is 10.7. The highest BCUT2D eigenvalue weighted by Crippen LogP contribution is 2.38. The standard InChI is InChI=1S/C8H18N2O2Si2/c1-7(11)9-10(8(2)12)14(5,6)13(9,3)4/h1-6H3. The number of hydrogen-bond donors (Lipinski definition) is 0. The quantitative estimate of drug-likeness (QED) is 0.585. The Morgan fingerprint density at radius 3 is 1.14 bits per heavy atom. The van der Waals surface area contributed by atoms with E-state index in [4.69, 9.17) is 0 Å². The minimum absolute atomic E-state index is 0.00342. The van der Waals surface area contributed by atoms with Crippen LogP contribution in [0.4, 0.5) is 0 Å². The number of hydrogen-bond acceptors (Lipinski definition) is 2. The van der Waals surface area contributed by atoms with Gasteiger partial charge in [0.2, 0.25) is 11.8 Å². The zero-order valence-corrected chi connectivity index (χ0v) is 11.7. The maximum atomic E-state index is 11.4. The molecule has 0 N–H and O–H groups in total. The molecule has 0 saturated carbocycles. The molecule has 6 heteroatoms. The van der Waals surface area contributed by atoms with Crippen LogP contribution >= 0.6 is 0 Å². The third kappa shape index (κ3) is 1.17. The topological polar surface area (TPSA) is 40.6 Å². The van der Waals surface area contributed by atoms with Crippen LogP contribution in [0.25, 0.3) is 0 Å². The van der Waals surface area contributed by atoms with Crippen LogP contribution in [-0.2, 0) is 9.59 Å². The normalized spacial score (nSPS) is 23.0. The molecule has 1 heterocycles. The molecule has 0 spiro atoms. The number of nitrogens with zero attached hydrogens (tertiary/aromatic N) is 2. The van der Waals surface area contributed by atoms with Gasteiger partial charge in [0.1, 0.15) is 0 Å². The van der Waals surface area contributed by atoms with Gasteiger partial charge in [0.15, 0.2) is 15.5 Å². The second kappa shape index (κ2) is 2.93. The molecule has 1 fully saturated rings. The van der Waals surface area contributed by atoms with Crippen LogP contribution in [-0.4, -0.2) is 36.7 Å².